The van der Waals surface area contributed by atoms with Crippen molar-refractivity contribution in [2.75, 3.05) is 18.1 Å². The fourth-order valence-electron chi connectivity index (χ4n) is 2.13. The second-order valence-corrected chi connectivity index (χ2v) is 7.07. The lowest BCUT2D eigenvalue weighted by molar-refractivity contribution is -0.441. The van der Waals surface area contributed by atoms with Gasteiger partial charge in [-0.3, -0.25) is 4.79 Å². The van der Waals surface area contributed by atoms with E-state index >= 15 is 0 Å². The molecule has 0 saturated carbocycles. The smallest absolute Gasteiger partial charge is 0.269 e. The summed E-state index contributed by atoms with van der Waals surface area (Å²) in [6, 6.07) is 18.1. The zero-order chi connectivity index (χ0) is 14.5. The van der Waals surface area contributed by atoms with Gasteiger partial charge in [0.2, 0.25) is 0 Å². The van der Waals surface area contributed by atoms with E-state index < -0.39 is 0 Å². The van der Waals surface area contributed by atoms with Crippen LogP contribution in [0.4, 0.5) is 0 Å². The number of thioether (sulfide) groups is 2. The van der Waals surface area contributed by atoms with Crippen LogP contribution in [-0.2, 0) is 0 Å². The third-order valence-electron chi connectivity index (χ3n) is 3.25. The van der Waals surface area contributed by atoms with Gasteiger partial charge in [-0.25, -0.2) is 4.99 Å². The summed E-state index contributed by atoms with van der Waals surface area (Å²) in [6.45, 7) is 1.01. The first kappa shape index (κ1) is 17.3. The molecule has 3 rings (SSSR count). The van der Waals surface area contributed by atoms with Gasteiger partial charge >= 0.3 is 0 Å². The molecular formula is C17H16BrNOS2. The van der Waals surface area contributed by atoms with Crippen LogP contribution < -0.4 is 22.0 Å². The number of ketones is 1. The summed E-state index contributed by atoms with van der Waals surface area (Å²) in [4.78, 5) is 15.5. The van der Waals surface area contributed by atoms with E-state index in [1.165, 1.54) is 9.94 Å². The minimum Gasteiger partial charge on any atom is -1.00 e. The molecule has 0 amide bonds. The summed E-state index contributed by atoms with van der Waals surface area (Å²) in [6.07, 6.45) is 0. The monoisotopic (exact) mass is 393 g/mol. The van der Waals surface area contributed by atoms with Crippen LogP contribution in [0.3, 0.4) is 0 Å². The van der Waals surface area contributed by atoms with Crippen molar-refractivity contribution in [3.05, 3.63) is 60.2 Å². The van der Waals surface area contributed by atoms with E-state index in [-0.39, 0.29) is 22.8 Å². The van der Waals surface area contributed by atoms with Crippen molar-refractivity contribution in [1.29, 1.82) is 0 Å². The molecule has 1 heterocycles. The second kappa shape index (κ2) is 8.56. The molecule has 0 bridgehead atoms. The van der Waals surface area contributed by atoms with Crippen LogP contribution in [0.2, 0.25) is 0 Å². The summed E-state index contributed by atoms with van der Waals surface area (Å²) in [5, 5.41) is 0. The molecular weight excluding hydrogens is 378 g/mol. The molecule has 0 spiro atoms. The minimum absolute atomic E-state index is 0. The predicted octanol–water partition coefficient (Wildman–Crippen LogP) is -0.543. The van der Waals surface area contributed by atoms with Crippen molar-refractivity contribution in [3.63, 3.8) is 0 Å². The molecule has 22 heavy (non-hydrogen) atoms. The second-order valence-electron chi connectivity index (χ2n) is 4.72. The van der Waals surface area contributed by atoms with Crippen LogP contribution in [0.25, 0.3) is 11.1 Å². The van der Waals surface area contributed by atoms with Gasteiger partial charge in [0.05, 0.1) is 11.5 Å². The van der Waals surface area contributed by atoms with Gasteiger partial charge in [0, 0.05) is 5.56 Å². The molecule has 1 N–H and O–H groups in total. The molecule has 1 aliphatic heterocycles. The number of carbonyl (C=O) groups excluding carboxylic acids is 1. The largest absolute Gasteiger partial charge is 1.00 e. The zero-order valence-corrected chi connectivity index (χ0v) is 15.1. The number of hydrogen-bond acceptors (Lipinski definition) is 3. The Labute approximate surface area is 149 Å². The summed E-state index contributed by atoms with van der Waals surface area (Å²) in [5.74, 6) is 1.78. The molecule has 0 radical (unpaired) electrons. The highest BCUT2D eigenvalue weighted by molar-refractivity contribution is 8.38. The van der Waals surface area contributed by atoms with Crippen LogP contribution in [0.5, 0.6) is 0 Å². The maximum Gasteiger partial charge on any atom is 0.269 e. The van der Waals surface area contributed by atoms with Crippen molar-refractivity contribution in [2.24, 2.45) is 0 Å². The highest BCUT2D eigenvalue weighted by Crippen LogP contribution is 2.21. The highest BCUT2D eigenvalue weighted by atomic mass is 79.9. The average Bonchev–Trinajstić information content (AvgIpc) is 3.07. The number of Topliss-reactive ketones (excluding diaryl/α,β-unsaturated/α-hetero) is 1. The quantitative estimate of drug-likeness (QED) is 0.707. The highest BCUT2D eigenvalue weighted by Gasteiger charge is 2.17. The Kier molecular flexibility index (Phi) is 6.73. The fraction of sp³-hybridized carbons (Fsp3) is 0.176. The van der Waals surface area contributed by atoms with Crippen molar-refractivity contribution in [2.45, 2.75) is 0 Å². The topological polar surface area (TPSA) is 31.0 Å². The van der Waals surface area contributed by atoms with E-state index in [9.17, 15) is 4.79 Å². The average molecular weight is 394 g/mol. The van der Waals surface area contributed by atoms with Gasteiger partial charge in [0.15, 0.2) is 12.3 Å². The summed E-state index contributed by atoms with van der Waals surface area (Å²) in [7, 11) is 0. The Hall–Kier alpha value is -1.04. The first-order chi connectivity index (χ1) is 10.3. The van der Waals surface area contributed by atoms with E-state index in [0.717, 1.165) is 23.4 Å². The third-order valence-corrected chi connectivity index (χ3v) is 5.59. The molecule has 0 saturated heterocycles. The molecule has 0 fully saturated rings. The minimum atomic E-state index is 0. The Balaban J connectivity index is 0.00000176. The van der Waals surface area contributed by atoms with E-state index in [0.29, 0.717) is 5.75 Å². The Morgan fingerprint density at radius 3 is 2.36 bits per heavy atom. The molecule has 2 aromatic carbocycles. The van der Waals surface area contributed by atoms with Crippen molar-refractivity contribution >= 4 is 33.7 Å². The number of hydrogen-bond donors (Lipinski definition) is 1. The van der Waals surface area contributed by atoms with E-state index in [1.807, 2.05) is 42.5 Å². The number of nitrogens with one attached hydrogen (secondary N) is 1. The van der Waals surface area contributed by atoms with Crippen molar-refractivity contribution in [1.82, 2.24) is 0 Å². The molecule has 114 valence electrons. The molecule has 0 atom stereocenters. The molecule has 0 unspecified atom stereocenters. The lowest BCUT2D eigenvalue weighted by Crippen LogP contribution is -3.00. The van der Waals surface area contributed by atoms with Gasteiger partial charge in [-0.1, -0.05) is 54.6 Å². The van der Waals surface area contributed by atoms with Gasteiger partial charge in [-0.15, -0.1) is 0 Å². The molecule has 5 heteroatoms. The van der Waals surface area contributed by atoms with Crippen LogP contribution in [-0.4, -0.2) is 28.2 Å². The van der Waals surface area contributed by atoms with Crippen LogP contribution >= 0.6 is 23.5 Å². The van der Waals surface area contributed by atoms with Gasteiger partial charge in [-0.05, 0) is 34.7 Å². The standard InChI is InChI=1S/C17H15NOS2.BrH/c19-16(12-21-17-18-10-11-20-17)15-8-6-14(7-9-15)13-4-2-1-3-5-13;/h1-9H,10-12H2;1H. The van der Waals surface area contributed by atoms with Crippen LogP contribution in [0.1, 0.15) is 10.4 Å². The molecule has 0 aliphatic carbocycles. The summed E-state index contributed by atoms with van der Waals surface area (Å²) >= 11 is 3.40. The van der Waals surface area contributed by atoms with Crippen LogP contribution in [0.15, 0.2) is 54.6 Å². The maximum absolute atomic E-state index is 12.2. The van der Waals surface area contributed by atoms with Gasteiger partial charge in [0.25, 0.3) is 4.38 Å². The first-order valence-corrected chi connectivity index (χ1v) is 8.85. The van der Waals surface area contributed by atoms with E-state index in [2.05, 4.69) is 17.1 Å². The van der Waals surface area contributed by atoms with Crippen LogP contribution in [0, 0.1) is 0 Å². The van der Waals surface area contributed by atoms with E-state index in [1.54, 1.807) is 23.5 Å². The maximum atomic E-state index is 12.2. The number of halogens is 1. The lowest BCUT2D eigenvalue weighted by atomic mass is 10.0. The molecule has 1 aliphatic rings. The summed E-state index contributed by atoms with van der Waals surface area (Å²) < 4.78 is 1.17. The third kappa shape index (κ3) is 4.48. The zero-order valence-electron chi connectivity index (χ0n) is 11.9. The SMILES string of the molecule is O=C(CSC1=[NH+]CCS1)c1ccc(-c2ccccc2)cc1.[Br-]. The molecule has 2 aromatic rings. The Morgan fingerprint density at radius 2 is 1.73 bits per heavy atom. The first-order valence-electron chi connectivity index (χ1n) is 6.88. The molecule has 2 nitrogen and oxygen atoms in total. The Morgan fingerprint density at radius 1 is 1.05 bits per heavy atom. The fourth-order valence-corrected chi connectivity index (χ4v) is 4.12. The number of benzene rings is 2. The van der Waals surface area contributed by atoms with Gasteiger partial charge in [-0.2, -0.15) is 0 Å². The number of rotatable bonds is 4. The van der Waals surface area contributed by atoms with Gasteiger partial charge < -0.3 is 17.0 Å². The van der Waals surface area contributed by atoms with Crippen molar-refractivity contribution < 1.29 is 26.8 Å². The van der Waals surface area contributed by atoms with Crippen molar-refractivity contribution in [3.8, 4) is 11.1 Å². The normalized spacial score (nSPS) is 13.4. The Bertz CT molecular complexity index is 656. The van der Waals surface area contributed by atoms with E-state index in [4.69, 9.17) is 0 Å². The number of carbonyl (C=O) groups is 1. The lowest BCUT2D eigenvalue weighted by Gasteiger charge is -2.03. The predicted molar refractivity (Wildman–Crippen MR) is 92.0 cm³/mol. The summed E-state index contributed by atoms with van der Waals surface area (Å²) in [5.41, 5.74) is 3.10. The molecule has 0 aromatic heterocycles. The van der Waals surface area contributed by atoms with Gasteiger partial charge in [0.1, 0.15) is 0 Å².